The molecule has 1 rings (SSSR count). The number of hydrogen-bond acceptors (Lipinski definition) is 4. The minimum atomic E-state index is -3.70. The largest absolute Gasteiger partial charge is 0.478 e. The number of carboxylic acids is 1. The van der Waals surface area contributed by atoms with Gasteiger partial charge in [0.15, 0.2) is 0 Å². The number of carbonyl (C=O) groups is 1. The smallest absolute Gasteiger partial charge is 0.335 e. The van der Waals surface area contributed by atoms with Crippen molar-refractivity contribution in [2.75, 3.05) is 6.54 Å². The van der Waals surface area contributed by atoms with Crippen LogP contribution in [-0.2, 0) is 10.0 Å². The highest BCUT2D eigenvalue weighted by atomic mass is 32.2. The van der Waals surface area contributed by atoms with Gasteiger partial charge in [0.25, 0.3) is 0 Å². The first kappa shape index (κ1) is 13.6. The number of aliphatic hydroxyl groups excluding tert-OH is 1. The maximum absolute atomic E-state index is 11.6. The maximum Gasteiger partial charge on any atom is 0.335 e. The molecule has 0 aromatic heterocycles. The van der Waals surface area contributed by atoms with E-state index in [4.69, 9.17) is 10.2 Å². The number of nitrogens with one attached hydrogen (secondary N) is 1. The van der Waals surface area contributed by atoms with E-state index in [2.05, 4.69) is 4.72 Å². The molecule has 17 heavy (non-hydrogen) atoms. The molecule has 1 unspecified atom stereocenters. The van der Waals surface area contributed by atoms with Crippen LogP contribution in [0.15, 0.2) is 29.2 Å². The van der Waals surface area contributed by atoms with Gasteiger partial charge in [0.1, 0.15) is 0 Å². The fourth-order valence-electron chi connectivity index (χ4n) is 1.09. The van der Waals surface area contributed by atoms with Crippen LogP contribution in [0, 0.1) is 0 Å². The Morgan fingerprint density at radius 3 is 2.29 bits per heavy atom. The van der Waals surface area contributed by atoms with Gasteiger partial charge in [-0.2, -0.15) is 0 Å². The van der Waals surface area contributed by atoms with E-state index in [0.717, 1.165) is 0 Å². The molecule has 1 aromatic rings. The summed E-state index contributed by atoms with van der Waals surface area (Å²) in [5.41, 5.74) is 0.0134. The summed E-state index contributed by atoms with van der Waals surface area (Å²) in [6, 6.07) is 4.82. The third-order valence-corrected chi connectivity index (χ3v) is 3.42. The third-order valence-electron chi connectivity index (χ3n) is 1.98. The summed E-state index contributed by atoms with van der Waals surface area (Å²) in [7, 11) is -3.70. The Balaban J connectivity index is 2.89. The molecule has 0 fully saturated rings. The van der Waals surface area contributed by atoms with Gasteiger partial charge in [0.05, 0.1) is 16.6 Å². The quantitative estimate of drug-likeness (QED) is 0.693. The molecule has 1 atom stereocenters. The number of aliphatic hydroxyl groups is 1. The van der Waals surface area contributed by atoms with Crippen LogP contribution in [0.25, 0.3) is 0 Å². The first-order valence-corrected chi connectivity index (χ1v) is 6.32. The summed E-state index contributed by atoms with van der Waals surface area (Å²) in [6.07, 6.45) is -0.789. The lowest BCUT2D eigenvalue weighted by atomic mass is 10.2. The molecule has 0 saturated carbocycles. The number of rotatable bonds is 5. The van der Waals surface area contributed by atoms with Crippen molar-refractivity contribution < 1.29 is 23.4 Å². The number of sulfonamides is 1. The van der Waals surface area contributed by atoms with E-state index in [-0.39, 0.29) is 17.0 Å². The molecular weight excluding hydrogens is 246 g/mol. The second-order valence-corrected chi connectivity index (χ2v) is 5.30. The van der Waals surface area contributed by atoms with Gasteiger partial charge in [-0.3, -0.25) is 0 Å². The van der Waals surface area contributed by atoms with Crippen molar-refractivity contribution in [3.63, 3.8) is 0 Å². The molecule has 1 aromatic carbocycles. The molecule has 94 valence electrons. The Labute approximate surface area is 99.0 Å². The zero-order chi connectivity index (χ0) is 13.1. The van der Waals surface area contributed by atoms with Crippen LogP contribution >= 0.6 is 0 Å². The van der Waals surface area contributed by atoms with Gasteiger partial charge in [-0.15, -0.1) is 0 Å². The Morgan fingerprint density at radius 1 is 1.35 bits per heavy atom. The number of carboxylic acid groups (broad SMARTS) is 1. The van der Waals surface area contributed by atoms with Gasteiger partial charge in [-0.1, -0.05) is 0 Å². The van der Waals surface area contributed by atoms with Crippen molar-refractivity contribution in [3.05, 3.63) is 29.8 Å². The van der Waals surface area contributed by atoms with Crippen LogP contribution in [-0.4, -0.2) is 37.2 Å². The van der Waals surface area contributed by atoms with Crippen molar-refractivity contribution in [2.45, 2.75) is 17.9 Å². The molecule has 0 spiro atoms. The van der Waals surface area contributed by atoms with Gasteiger partial charge in [-0.25, -0.2) is 17.9 Å². The van der Waals surface area contributed by atoms with Crippen LogP contribution in [0.2, 0.25) is 0 Å². The predicted molar refractivity (Wildman–Crippen MR) is 60.3 cm³/mol. The molecule has 6 nitrogen and oxygen atoms in total. The standard InChI is InChI=1S/C10H13NO5S/c1-7(12)6-11-17(15,16)9-4-2-8(3-5-9)10(13)14/h2-5,7,11-12H,6H2,1H3,(H,13,14). The first-order valence-electron chi connectivity index (χ1n) is 4.84. The Morgan fingerprint density at radius 2 is 1.88 bits per heavy atom. The maximum atomic E-state index is 11.6. The van der Waals surface area contributed by atoms with E-state index in [1.54, 1.807) is 0 Å². The summed E-state index contributed by atoms with van der Waals surface area (Å²) >= 11 is 0. The second-order valence-electron chi connectivity index (χ2n) is 3.53. The first-order chi connectivity index (χ1) is 7.83. The van der Waals surface area contributed by atoms with E-state index in [0.29, 0.717) is 0 Å². The average molecular weight is 259 g/mol. The molecule has 3 N–H and O–H groups in total. The number of hydrogen-bond donors (Lipinski definition) is 3. The molecule has 0 saturated heterocycles. The zero-order valence-corrected chi connectivity index (χ0v) is 9.94. The molecule has 0 amide bonds. The lowest BCUT2D eigenvalue weighted by Gasteiger charge is -2.08. The van der Waals surface area contributed by atoms with Gasteiger partial charge in [0.2, 0.25) is 10.0 Å². The minimum Gasteiger partial charge on any atom is -0.478 e. The topological polar surface area (TPSA) is 104 Å². The molecular formula is C10H13NO5S. The van der Waals surface area contributed by atoms with E-state index >= 15 is 0 Å². The fourth-order valence-corrected chi connectivity index (χ4v) is 2.21. The lowest BCUT2D eigenvalue weighted by Crippen LogP contribution is -2.30. The van der Waals surface area contributed by atoms with Gasteiger partial charge in [-0.05, 0) is 31.2 Å². The molecule has 0 radical (unpaired) electrons. The highest BCUT2D eigenvalue weighted by Gasteiger charge is 2.14. The van der Waals surface area contributed by atoms with E-state index in [1.807, 2.05) is 0 Å². The normalized spacial score (nSPS) is 13.3. The summed E-state index contributed by atoms with van der Waals surface area (Å²) in [5.74, 6) is -1.12. The van der Waals surface area contributed by atoms with Crippen molar-refractivity contribution in [1.29, 1.82) is 0 Å². The highest BCUT2D eigenvalue weighted by Crippen LogP contribution is 2.10. The van der Waals surface area contributed by atoms with E-state index < -0.39 is 22.1 Å². The summed E-state index contributed by atoms with van der Waals surface area (Å²) in [6.45, 7) is 1.36. The minimum absolute atomic E-state index is 0.0134. The molecule has 0 aliphatic heterocycles. The number of benzene rings is 1. The third kappa shape index (κ3) is 3.81. The fraction of sp³-hybridized carbons (Fsp3) is 0.300. The Hall–Kier alpha value is -1.44. The predicted octanol–water partition coefficient (Wildman–Crippen LogP) is 0.0439. The van der Waals surface area contributed by atoms with Gasteiger partial charge in [0, 0.05) is 6.54 Å². The SMILES string of the molecule is CC(O)CNS(=O)(=O)c1ccc(C(=O)O)cc1. The van der Waals surface area contributed by atoms with Crippen molar-refractivity contribution in [1.82, 2.24) is 4.72 Å². The van der Waals surface area contributed by atoms with Crippen LogP contribution in [0.4, 0.5) is 0 Å². The van der Waals surface area contributed by atoms with Crippen LogP contribution < -0.4 is 4.72 Å². The van der Waals surface area contributed by atoms with Crippen LogP contribution in [0.5, 0.6) is 0 Å². The molecule has 0 heterocycles. The summed E-state index contributed by atoms with van der Waals surface area (Å²) in [4.78, 5) is 10.5. The molecule has 0 aliphatic carbocycles. The Kier molecular flexibility index (Phi) is 4.22. The zero-order valence-electron chi connectivity index (χ0n) is 9.12. The van der Waals surface area contributed by atoms with Crippen molar-refractivity contribution >= 4 is 16.0 Å². The van der Waals surface area contributed by atoms with E-state index in [9.17, 15) is 13.2 Å². The number of aromatic carboxylic acids is 1. The van der Waals surface area contributed by atoms with E-state index in [1.165, 1.54) is 31.2 Å². The highest BCUT2D eigenvalue weighted by molar-refractivity contribution is 7.89. The summed E-state index contributed by atoms with van der Waals surface area (Å²) < 4.78 is 25.5. The Bertz CT molecular complexity index is 492. The van der Waals surface area contributed by atoms with Gasteiger partial charge >= 0.3 is 5.97 Å². The average Bonchev–Trinajstić information content (AvgIpc) is 2.27. The summed E-state index contributed by atoms with van der Waals surface area (Å²) in [5, 5.41) is 17.6. The molecule has 7 heteroatoms. The molecule has 0 bridgehead atoms. The van der Waals surface area contributed by atoms with Crippen molar-refractivity contribution in [3.8, 4) is 0 Å². The van der Waals surface area contributed by atoms with Crippen LogP contribution in [0.1, 0.15) is 17.3 Å². The van der Waals surface area contributed by atoms with Crippen LogP contribution in [0.3, 0.4) is 0 Å². The molecule has 0 aliphatic rings. The lowest BCUT2D eigenvalue weighted by molar-refractivity contribution is 0.0696. The van der Waals surface area contributed by atoms with Gasteiger partial charge < -0.3 is 10.2 Å². The van der Waals surface area contributed by atoms with Crippen molar-refractivity contribution in [2.24, 2.45) is 0 Å². The monoisotopic (exact) mass is 259 g/mol. The second kappa shape index (κ2) is 5.26.